The predicted octanol–water partition coefficient (Wildman–Crippen LogP) is 1.47. The highest BCUT2D eigenvalue weighted by Gasteiger charge is 2.04. The number of azide groups is 1. The lowest BCUT2D eigenvalue weighted by Gasteiger charge is -2.07. The van der Waals surface area contributed by atoms with E-state index in [2.05, 4.69) is 20.1 Å². The number of nitrogens with zero attached hydrogens (tertiary/aromatic N) is 3. The third kappa shape index (κ3) is 6.81. The van der Waals surface area contributed by atoms with Crippen LogP contribution in [0.4, 0.5) is 10.5 Å². The molecule has 0 bridgehead atoms. The van der Waals surface area contributed by atoms with Gasteiger partial charge in [0.25, 0.3) is 5.91 Å². The van der Waals surface area contributed by atoms with Gasteiger partial charge in [-0.2, -0.15) is 0 Å². The maximum atomic E-state index is 11.8. The van der Waals surface area contributed by atoms with Gasteiger partial charge < -0.3 is 20.5 Å². The van der Waals surface area contributed by atoms with Crippen molar-refractivity contribution in [1.82, 2.24) is 5.32 Å². The van der Waals surface area contributed by atoms with E-state index < -0.39 is 6.09 Å². The first kappa shape index (κ1) is 16.3. The first-order chi connectivity index (χ1) is 10.1. The van der Waals surface area contributed by atoms with Crippen molar-refractivity contribution in [2.45, 2.75) is 0 Å². The Bertz CT molecular complexity index is 542. The van der Waals surface area contributed by atoms with Crippen molar-refractivity contribution in [3.63, 3.8) is 0 Å². The average molecular weight is 293 g/mol. The molecule has 3 N–H and O–H groups in total. The van der Waals surface area contributed by atoms with Crippen molar-refractivity contribution in [3.8, 4) is 0 Å². The Morgan fingerprint density at radius 3 is 2.86 bits per heavy atom. The minimum absolute atomic E-state index is 0.0670. The molecule has 0 spiro atoms. The van der Waals surface area contributed by atoms with Gasteiger partial charge in [0, 0.05) is 22.7 Å². The molecule has 9 heteroatoms. The lowest BCUT2D eigenvalue weighted by atomic mass is 10.2. The second-order valence-corrected chi connectivity index (χ2v) is 3.78. The summed E-state index contributed by atoms with van der Waals surface area (Å²) in [6.45, 7) is 0.827. The van der Waals surface area contributed by atoms with E-state index in [4.69, 9.17) is 16.0 Å². The summed E-state index contributed by atoms with van der Waals surface area (Å²) in [4.78, 5) is 24.7. The normalized spacial score (nSPS) is 9.52. The molecule has 0 heterocycles. The summed E-state index contributed by atoms with van der Waals surface area (Å²) in [7, 11) is 0. The van der Waals surface area contributed by atoms with Crippen LogP contribution in [0.2, 0.25) is 0 Å². The Morgan fingerprint density at radius 1 is 1.33 bits per heavy atom. The molecule has 1 aromatic carbocycles. The van der Waals surface area contributed by atoms with Crippen LogP contribution < -0.4 is 11.1 Å². The zero-order chi connectivity index (χ0) is 15.5. The number of carbonyl (C=O) groups excluding carboxylic acids is 2. The minimum Gasteiger partial charge on any atom is -0.447 e. The van der Waals surface area contributed by atoms with Gasteiger partial charge in [0.05, 0.1) is 13.2 Å². The summed E-state index contributed by atoms with van der Waals surface area (Å²) >= 11 is 0. The number of rotatable bonds is 8. The molecule has 1 aromatic rings. The van der Waals surface area contributed by atoms with Crippen LogP contribution in [0.25, 0.3) is 10.4 Å². The number of nitrogens with two attached hydrogens (primary N) is 1. The molecule has 0 fully saturated rings. The van der Waals surface area contributed by atoms with Crippen molar-refractivity contribution in [3.05, 3.63) is 40.3 Å². The molecule has 112 valence electrons. The van der Waals surface area contributed by atoms with Crippen LogP contribution in [-0.4, -0.2) is 38.4 Å². The topological polar surface area (TPSA) is 139 Å². The van der Waals surface area contributed by atoms with Gasteiger partial charge in [-0.15, -0.1) is 0 Å². The third-order valence-electron chi connectivity index (χ3n) is 2.27. The largest absolute Gasteiger partial charge is 0.447 e. The van der Waals surface area contributed by atoms with Gasteiger partial charge in [0.1, 0.15) is 6.61 Å². The van der Waals surface area contributed by atoms with Crippen LogP contribution in [0, 0.1) is 0 Å². The molecular weight excluding hydrogens is 278 g/mol. The number of carbonyl (C=O) groups is 2. The molecule has 0 aliphatic carbocycles. The predicted molar refractivity (Wildman–Crippen MR) is 73.9 cm³/mol. The summed E-state index contributed by atoms with van der Waals surface area (Å²) in [5, 5.41) is 6.06. The zero-order valence-electron chi connectivity index (χ0n) is 11.2. The molecule has 0 aliphatic rings. The SMILES string of the molecule is [N-]=[N+]=Nc1cccc(C(=O)NCCOCCOC(N)=O)c1. The first-order valence-corrected chi connectivity index (χ1v) is 6.07. The molecule has 0 atom stereocenters. The summed E-state index contributed by atoms with van der Waals surface area (Å²) in [6, 6.07) is 6.30. The van der Waals surface area contributed by atoms with Crippen LogP contribution in [0.3, 0.4) is 0 Å². The Labute approximate surface area is 120 Å². The highest BCUT2D eigenvalue weighted by atomic mass is 16.6. The highest BCUT2D eigenvalue weighted by molar-refractivity contribution is 5.94. The quantitative estimate of drug-likeness (QED) is 0.324. The number of nitrogens with one attached hydrogen (secondary N) is 1. The van der Waals surface area contributed by atoms with Crippen LogP contribution in [-0.2, 0) is 9.47 Å². The number of primary amides is 1. The van der Waals surface area contributed by atoms with E-state index >= 15 is 0 Å². The lowest BCUT2D eigenvalue weighted by molar-refractivity contribution is 0.0745. The molecular formula is C12H15N5O4. The lowest BCUT2D eigenvalue weighted by Crippen LogP contribution is -2.27. The number of hydrogen-bond acceptors (Lipinski definition) is 5. The fraction of sp³-hybridized carbons (Fsp3) is 0.333. The summed E-state index contributed by atoms with van der Waals surface area (Å²) in [5.74, 6) is -0.304. The Balaban J connectivity index is 2.26. The van der Waals surface area contributed by atoms with Gasteiger partial charge >= 0.3 is 6.09 Å². The molecule has 0 aromatic heterocycles. The fourth-order valence-corrected chi connectivity index (χ4v) is 1.40. The monoisotopic (exact) mass is 293 g/mol. The molecule has 9 nitrogen and oxygen atoms in total. The van der Waals surface area contributed by atoms with Crippen molar-refractivity contribution in [2.24, 2.45) is 10.8 Å². The Hall–Kier alpha value is -2.77. The van der Waals surface area contributed by atoms with Gasteiger partial charge in [0.2, 0.25) is 0 Å². The second-order valence-electron chi connectivity index (χ2n) is 3.78. The van der Waals surface area contributed by atoms with Crippen molar-refractivity contribution < 1.29 is 19.1 Å². The Kier molecular flexibility index (Phi) is 7.12. The van der Waals surface area contributed by atoms with E-state index in [0.717, 1.165) is 0 Å². The van der Waals surface area contributed by atoms with E-state index in [1.807, 2.05) is 0 Å². The average Bonchev–Trinajstić information content (AvgIpc) is 2.46. The van der Waals surface area contributed by atoms with E-state index in [1.165, 1.54) is 6.07 Å². The van der Waals surface area contributed by atoms with E-state index in [-0.39, 0.29) is 25.7 Å². The molecule has 2 amide bonds. The van der Waals surface area contributed by atoms with Gasteiger partial charge in [-0.3, -0.25) is 4.79 Å². The smallest absolute Gasteiger partial charge is 0.404 e. The molecule has 0 saturated carbocycles. The van der Waals surface area contributed by atoms with Crippen molar-refractivity contribution in [1.29, 1.82) is 0 Å². The fourth-order valence-electron chi connectivity index (χ4n) is 1.40. The summed E-state index contributed by atoms with van der Waals surface area (Å²) < 4.78 is 9.58. The maximum absolute atomic E-state index is 11.8. The third-order valence-corrected chi connectivity index (χ3v) is 2.27. The van der Waals surface area contributed by atoms with E-state index in [9.17, 15) is 9.59 Å². The van der Waals surface area contributed by atoms with Gasteiger partial charge in [0.15, 0.2) is 0 Å². The van der Waals surface area contributed by atoms with Crippen LogP contribution >= 0.6 is 0 Å². The standard InChI is InChI=1S/C12H15N5O4/c13-12(19)21-7-6-20-5-4-15-11(18)9-2-1-3-10(8-9)16-17-14/h1-3,8H,4-7H2,(H2,13,19)(H,15,18). The van der Waals surface area contributed by atoms with Crippen LogP contribution in [0.15, 0.2) is 29.4 Å². The number of ether oxygens (including phenoxy) is 2. The van der Waals surface area contributed by atoms with Gasteiger partial charge in [-0.05, 0) is 17.7 Å². The van der Waals surface area contributed by atoms with Gasteiger partial charge in [-0.25, -0.2) is 4.79 Å². The maximum Gasteiger partial charge on any atom is 0.404 e. The highest BCUT2D eigenvalue weighted by Crippen LogP contribution is 2.13. The molecule has 0 aliphatic heterocycles. The van der Waals surface area contributed by atoms with Crippen molar-refractivity contribution in [2.75, 3.05) is 26.4 Å². The summed E-state index contributed by atoms with van der Waals surface area (Å²) in [6.07, 6.45) is -0.855. The second kappa shape index (κ2) is 9.18. The number of benzene rings is 1. The minimum atomic E-state index is -0.855. The van der Waals surface area contributed by atoms with Crippen molar-refractivity contribution >= 4 is 17.7 Å². The summed E-state index contributed by atoms with van der Waals surface area (Å²) in [5.41, 5.74) is 13.8. The molecule has 1 rings (SSSR count). The number of hydrogen-bond donors (Lipinski definition) is 2. The van der Waals surface area contributed by atoms with Crippen LogP contribution in [0.5, 0.6) is 0 Å². The van der Waals surface area contributed by atoms with Crippen LogP contribution in [0.1, 0.15) is 10.4 Å². The van der Waals surface area contributed by atoms with Gasteiger partial charge in [-0.1, -0.05) is 17.2 Å². The molecule has 21 heavy (non-hydrogen) atoms. The molecule has 0 unspecified atom stereocenters. The zero-order valence-corrected chi connectivity index (χ0v) is 11.2. The first-order valence-electron chi connectivity index (χ1n) is 6.07. The molecule has 0 radical (unpaired) electrons. The van der Waals surface area contributed by atoms with E-state index in [0.29, 0.717) is 17.8 Å². The molecule has 0 saturated heterocycles. The number of amides is 2. The Morgan fingerprint density at radius 2 is 2.14 bits per heavy atom. The van der Waals surface area contributed by atoms with E-state index in [1.54, 1.807) is 18.2 Å².